The molecule has 1 saturated heterocycles. The molecule has 4 nitrogen and oxygen atoms in total. The van der Waals surface area contributed by atoms with Gasteiger partial charge in [-0.05, 0) is 55.7 Å². The van der Waals surface area contributed by atoms with Crippen molar-refractivity contribution in [1.29, 1.82) is 0 Å². The van der Waals surface area contributed by atoms with Gasteiger partial charge in [0.15, 0.2) is 0 Å². The molecule has 0 radical (unpaired) electrons. The van der Waals surface area contributed by atoms with E-state index in [2.05, 4.69) is 47.7 Å². The third-order valence-corrected chi connectivity index (χ3v) is 6.88. The maximum atomic E-state index is 12.9. The molecule has 2 aromatic rings. The van der Waals surface area contributed by atoms with E-state index in [4.69, 9.17) is 4.74 Å². The standard InChI is InChI=1S/C22H30N2O2/c1-4-22-11-7-12-24(15-22)13-10-17-16-8-5-6-9-19(16)23(2)20(17)18(14-22)21(25)26-3/h5-6,8-9,18H,4,7,10-15H2,1-3H3/t18?,22-/m1/s1. The molecule has 1 aromatic carbocycles. The van der Waals surface area contributed by atoms with Crippen LogP contribution in [0.1, 0.15) is 49.8 Å². The molecule has 4 rings (SSSR count). The van der Waals surface area contributed by atoms with Crippen molar-refractivity contribution in [2.45, 2.75) is 44.9 Å². The highest BCUT2D eigenvalue weighted by Gasteiger charge is 2.41. The maximum Gasteiger partial charge on any atom is 0.314 e. The van der Waals surface area contributed by atoms with Gasteiger partial charge in [-0.25, -0.2) is 0 Å². The average Bonchev–Trinajstić information content (AvgIpc) is 2.97. The third-order valence-electron chi connectivity index (χ3n) is 6.88. The van der Waals surface area contributed by atoms with Crippen LogP contribution in [-0.4, -0.2) is 42.2 Å². The Morgan fingerprint density at radius 2 is 2.12 bits per heavy atom. The Labute approximate surface area is 156 Å². The molecule has 1 aromatic heterocycles. The highest BCUT2D eigenvalue weighted by molar-refractivity contribution is 5.89. The third kappa shape index (κ3) is 2.75. The van der Waals surface area contributed by atoms with E-state index >= 15 is 0 Å². The van der Waals surface area contributed by atoms with Crippen LogP contribution in [0.3, 0.4) is 0 Å². The van der Waals surface area contributed by atoms with Gasteiger partial charge >= 0.3 is 5.97 Å². The van der Waals surface area contributed by atoms with Crippen LogP contribution in [0.5, 0.6) is 0 Å². The summed E-state index contributed by atoms with van der Waals surface area (Å²) in [7, 11) is 3.64. The number of hydrogen-bond acceptors (Lipinski definition) is 3. The number of benzene rings is 1. The molecule has 2 aliphatic heterocycles. The van der Waals surface area contributed by atoms with Gasteiger partial charge in [-0.1, -0.05) is 25.1 Å². The molecule has 2 unspecified atom stereocenters. The molecule has 1 fully saturated rings. The molecule has 2 bridgehead atoms. The van der Waals surface area contributed by atoms with E-state index in [1.807, 2.05) is 0 Å². The van der Waals surface area contributed by atoms with Crippen LogP contribution in [0.2, 0.25) is 0 Å². The molecule has 3 atom stereocenters. The van der Waals surface area contributed by atoms with Crippen molar-refractivity contribution in [3.8, 4) is 0 Å². The summed E-state index contributed by atoms with van der Waals surface area (Å²) < 4.78 is 7.55. The van der Waals surface area contributed by atoms with Crippen molar-refractivity contribution in [3.05, 3.63) is 35.5 Å². The van der Waals surface area contributed by atoms with E-state index in [0.29, 0.717) is 0 Å². The summed E-state index contributed by atoms with van der Waals surface area (Å²) in [6.07, 6.45) is 5.47. The van der Waals surface area contributed by atoms with E-state index in [1.54, 1.807) is 0 Å². The summed E-state index contributed by atoms with van der Waals surface area (Å²) in [5, 5.41) is 1.29. The molecular formula is C22H30N2O2. The lowest BCUT2D eigenvalue weighted by molar-refractivity contribution is -0.143. The number of hydrogen-bond donors (Lipinski definition) is 0. The summed E-state index contributed by atoms with van der Waals surface area (Å²) in [6.45, 7) is 5.67. The van der Waals surface area contributed by atoms with Crippen LogP contribution in [0.25, 0.3) is 10.9 Å². The van der Waals surface area contributed by atoms with Gasteiger partial charge in [0.05, 0.1) is 13.0 Å². The van der Waals surface area contributed by atoms with Crippen LogP contribution < -0.4 is 0 Å². The van der Waals surface area contributed by atoms with E-state index in [9.17, 15) is 4.79 Å². The van der Waals surface area contributed by atoms with Gasteiger partial charge in [-0.3, -0.25) is 4.79 Å². The number of esters is 1. The fourth-order valence-corrected chi connectivity index (χ4v) is 5.44. The average molecular weight is 354 g/mol. The number of ether oxygens (including phenoxy) is 1. The Balaban J connectivity index is 1.92. The first-order valence-electron chi connectivity index (χ1n) is 9.95. The minimum absolute atomic E-state index is 0.0796. The normalized spacial score (nSPS) is 28.7. The number of carbonyl (C=O) groups excluding carboxylic acids is 1. The number of methoxy groups -OCH3 is 1. The number of carbonyl (C=O) groups is 1. The van der Waals surface area contributed by atoms with Crippen LogP contribution in [0.15, 0.2) is 24.3 Å². The van der Waals surface area contributed by atoms with Crippen LogP contribution in [-0.2, 0) is 23.0 Å². The molecule has 2 aliphatic rings. The number of aryl methyl sites for hydroxylation is 1. The predicted octanol–water partition coefficient (Wildman–Crippen LogP) is 3.87. The second-order valence-corrected chi connectivity index (χ2v) is 8.20. The lowest BCUT2D eigenvalue weighted by Crippen LogP contribution is -2.44. The summed E-state index contributed by atoms with van der Waals surface area (Å²) >= 11 is 0. The highest BCUT2D eigenvalue weighted by Crippen LogP contribution is 2.45. The first-order valence-corrected chi connectivity index (χ1v) is 9.95. The summed E-state index contributed by atoms with van der Waals surface area (Å²) in [5.41, 5.74) is 3.96. The lowest BCUT2D eigenvalue weighted by Gasteiger charge is -2.43. The largest absolute Gasteiger partial charge is 0.469 e. The first kappa shape index (κ1) is 17.6. The van der Waals surface area contributed by atoms with E-state index in [-0.39, 0.29) is 17.3 Å². The number of rotatable bonds is 2. The molecule has 140 valence electrons. The number of piperidine rings is 1. The van der Waals surface area contributed by atoms with Crippen LogP contribution in [0.4, 0.5) is 0 Å². The zero-order valence-electron chi connectivity index (χ0n) is 16.3. The lowest BCUT2D eigenvalue weighted by atomic mass is 9.71. The predicted molar refractivity (Wildman–Crippen MR) is 104 cm³/mol. The van der Waals surface area contributed by atoms with Crippen LogP contribution >= 0.6 is 0 Å². The summed E-state index contributed by atoms with van der Waals surface area (Å²) in [6, 6.07) is 8.56. The van der Waals surface area contributed by atoms with Crippen molar-refractivity contribution < 1.29 is 9.53 Å². The fraction of sp³-hybridized carbons (Fsp3) is 0.591. The minimum Gasteiger partial charge on any atom is -0.469 e. The van der Waals surface area contributed by atoms with Gasteiger partial charge in [0, 0.05) is 36.7 Å². The number of fused-ring (bicyclic) bond motifs is 5. The van der Waals surface area contributed by atoms with Crippen molar-refractivity contribution in [3.63, 3.8) is 0 Å². The SMILES string of the molecule is CC[C@@]12CCCN(CCc3c(n(C)c4ccccc34)C(C(=O)OC)C1)C2. The van der Waals surface area contributed by atoms with Crippen molar-refractivity contribution in [2.24, 2.45) is 12.5 Å². The van der Waals surface area contributed by atoms with Gasteiger partial charge in [-0.2, -0.15) is 0 Å². The van der Waals surface area contributed by atoms with Crippen LogP contribution in [0, 0.1) is 5.41 Å². The van der Waals surface area contributed by atoms with Crippen molar-refractivity contribution >= 4 is 16.9 Å². The molecule has 0 amide bonds. The van der Waals surface area contributed by atoms with Gasteiger partial charge < -0.3 is 14.2 Å². The second-order valence-electron chi connectivity index (χ2n) is 8.20. The van der Waals surface area contributed by atoms with Crippen molar-refractivity contribution in [2.75, 3.05) is 26.7 Å². The first-order chi connectivity index (χ1) is 12.6. The highest BCUT2D eigenvalue weighted by atomic mass is 16.5. The fourth-order valence-electron chi connectivity index (χ4n) is 5.44. The molecular weight excluding hydrogens is 324 g/mol. The van der Waals surface area contributed by atoms with Gasteiger partial charge in [0.25, 0.3) is 0 Å². The van der Waals surface area contributed by atoms with Gasteiger partial charge in [0.2, 0.25) is 0 Å². The van der Waals surface area contributed by atoms with Gasteiger partial charge in [0.1, 0.15) is 0 Å². The molecule has 0 N–H and O–H groups in total. The molecule has 0 aliphatic carbocycles. The molecule has 0 saturated carbocycles. The Kier molecular flexibility index (Phi) is 4.55. The minimum atomic E-state index is -0.176. The quantitative estimate of drug-likeness (QED) is 0.768. The van der Waals surface area contributed by atoms with E-state index in [0.717, 1.165) is 32.4 Å². The Bertz CT molecular complexity index is 825. The topological polar surface area (TPSA) is 34.5 Å². The smallest absolute Gasteiger partial charge is 0.314 e. The summed E-state index contributed by atoms with van der Waals surface area (Å²) in [4.78, 5) is 15.5. The Hall–Kier alpha value is -1.81. The van der Waals surface area contributed by atoms with E-state index < -0.39 is 0 Å². The summed E-state index contributed by atoms with van der Waals surface area (Å²) in [5.74, 6) is -0.255. The Morgan fingerprint density at radius 1 is 1.31 bits per heavy atom. The monoisotopic (exact) mass is 354 g/mol. The second kappa shape index (κ2) is 6.73. The van der Waals surface area contributed by atoms with E-state index in [1.165, 1.54) is 48.7 Å². The molecule has 0 spiro atoms. The molecule has 26 heavy (non-hydrogen) atoms. The molecule has 3 heterocycles. The number of nitrogens with zero attached hydrogens (tertiary/aromatic N) is 2. The molecule has 4 heteroatoms. The Morgan fingerprint density at radius 3 is 2.88 bits per heavy atom. The number of aromatic nitrogens is 1. The van der Waals surface area contributed by atoms with Gasteiger partial charge in [-0.15, -0.1) is 0 Å². The zero-order valence-corrected chi connectivity index (χ0v) is 16.3. The maximum absolute atomic E-state index is 12.9. The number of para-hydroxylation sites is 1. The zero-order chi connectivity index (χ0) is 18.3. The van der Waals surface area contributed by atoms with Crippen molar-refractivity contribution in [1.82, 2.24) is 9.47 Å².